The van der Waals surface area contributed by atoms with Gasteiger partial charge in [-0.25, -0.2) is 9.78 Å². The molecule has 2 N–H and O–H groups in total. The molecule has 0 atom stereocenters. The quantitative estimate of drug-likeness (QED) is 0.810. The van der Waals surface area contributed by atoms with Gasteiger partial charge in [0.05, 0.1) is 5.69 Å². The zero-order chi connectivity index (χ0) is 13.0. The van der Waals surface area contributed by atoms with E-state index in [2.05, 4.69) is 38.2 Å². The predicted octanol–water partition coefficient (Wildman–Crippen LogP) is 3.64. The third-order valence-corrected chi connectivity index (χ3v) is 3.22. The number of pyridine rings is 1. The first-order valence-electron chi connectivity index (χ1n) is 5.40. The average molecular weight is 353 g/mol. The first kappa shape index (κ1) is 12.8. The molecule has 0 bridgehead atoms. The van der Waals surface area contributed by atoms with Gasteiger partial charge in [-0.05, 0) is 59.3 Å². The van der Waals surface area contributed by atoms with E-state index in [1.807, 2.05) is 43.3 Å². The molecule has 0 spiro atoms. The van der Waals surface area contributed by atoms with Gasteiger partial charge < -0.3 is 5.32 Å². The van der Waals surface area contributed by atoms with Gasteiger partial charge in [0.15, 0.2) is 0 Å². The fourth-order valence-electron chi connectivity index (χ4n) is 1.44. The highest BCUT2D eigenvalue weighted by Crippen LogP contribution is 2.17. The van der Waals surface area contributed by atoms with Crippen molar-refractivity contribution in [3.05, 3.63) is 51.7 Å². The van der Waals surface area contributed by atoms with Crippen LogP contribution in [0, 0.1) is 10.5 Å². The molecule has 2 amide bonds. The SMILES string of the molecule is Cc1ccnc(NC(=O)Nc2ccccc2I)c1. The molecule has 1 heterocycles. The van der Waals surface area contributed by atoms with Crippen LogP contribution in [0.25, 0.3) is 0 Å². The molecule has 0 aliphatic rings. The van der Waals surface area contributed by atoms with Crippen LogP contribution < -0.4 is 10.6 Å². The van der Waals surface area contributed by atoms with Crippen LogP contribution in [-0.2, 0) is 0 Å². The number of nitrogens with zero attached hydrogens (tertiary/aromatic N) is 1. The fourth-order valence-corrected chi connectivity index (χ4v) is 1.96. The number of hydrogen-bond acceptors (Lipinski definition) is 2. The lowest BCUT2D eigenvalue weighted by atomic mass is 10.3. The van der Waals surface area contributed by atoms with Crippen LogP contribution in [-0.4, -0.2) is 11.0 Å². The van der Waals surface area contributed by atoms with Gasteiger partial charge in [0, 0.05) is 9.77 Å². The van der Waals surface area contributed by atoms with Crippen molar-refractivity contribution in [2.45, 2.75) is 6.92 Å². The first-order chi connectivity index (χ1) is 8.65. The van der Waals surface area contributed by atoms with E-state index in [1.165, 1.54) is 0 Å². The number of urea groups is 1. The number of halogens is 1. The van der Waals surface area contributed by atoms with Crippen molar-refractivity contribution in [1.82, 2.24) is 4.98 Å². The maximum Gasteiger partial charge on any atom is 0.324 e. The zero-order valence-electron chi connectivity index (χ0n) is 9.77. The molecule has 2 rings (SSSR count). The van der Waals surface area contributed by atoms with Crippen LogP contribution in [0.3, 0.4) is 0 Å². The number of para-hydroxylation sites is 1. The van der Waals surface area contributed by atoms with Crippen molar-refractivity contribution in [1.29, 1.82) is 0 Å². The summed E-state index contributed by atoms with van der Waals surface area (Å²) in [5, 5.41) is 5.47. The lowest BCUT2D eigenvalue weighted by molar-refractivity contribution is 0.262. The number of anilines is 2. The minimum atomic E-state index is -0.294. The Balaban J connectivity index is 2.03. The van der Waals surface area contributed by atoms with E-state index < -0.39 is 0 Å². The Hall–Kier alpha value is -1.63. The van der Waals surface area contributed by atoms with Crippen molar-refractivity contribution < 1.29 is 4.79 Å². The molecular weight excluding hydrogens is 341 g/mol. The fraction of sp³-hybridized carbons (Fsp3) is 0.0769. The molecule has 5 heteroatoms. The van der Waals surface area contributed by atoms with Crippen LogP contribution in [0.1, 0.15) is 5.56 Å². The van der Waals surface area contributed by atoms with Crippen molar-refractivity contribution in [2.75, 3.05) is 10.6 Å². The molecule has 0 unspecified atom stereocenters. The van der Waals surface area contributed by atoms with Crippen LogP contribution in [0.15, 0.2) is 42.6 Å². The Labute approximate surface area is 119 Å². The predicted molar refractivity (Wildman–Crippen MR) is 80.8 cm³/mol. The summed E-state index contributed by atoms with van der Waals surface area (Å²) in [5.41, 5.74) is 1.83. The standard InChI is InChI=1S/C13H12IN3O/c1-9-6-7-15-12(8-9)17-13(18)16-11-5-3-2-4-10(11)14/h2-8H,1H3,(H2,15,16,17,18). The molecule has 0 saturated heterocycles. The highest BCUT2D eigenvalue weighted by molar-refractivity contribution is 14.1. The van der Waals surface area contributed by atoms with Crippen molar-refractivity contribution in [3.63, 3.8) is 0 Å². The second kappa shape index (κ2) is 5.81. The Morgan fingerprint density at radius 2 is 2.00 bits per heavy atom. The number of carbonyl (C=O) groups excluding carboxylic acids is 1. The van der Waals surface area contributed by atoms with Crippen LogP contribution in [0.2, 0.25) is 0 Å². The zero-order valence-corrected chi connectivity index (χ0v) is 11.9. The smallest absolute Gasteiger partial charge is 0.307 e. The highest BCUT2D eigenvalue weighted by atomic mass is 127. The number of aromatic nitrogens is 1. The molecular formula is C13H12IN3O. The number of aryl methyl sites for hydroxylation is 1. The van der Waals surface area contributed by atoms with Crippen molar-refractivity contribution >= 4 is 40.1 Å². The highest BCUT2D eigenvalue weighted by Gasteiger charge is 2.05. The molecule has 18 heavy (non-hydrogen) atoms. The summed E-state index contributed by atoms with van der Waals surface area (Å²) in [7, 11) is 0. The summed E-state index contributed by atoms with van der Waals surface area (Å²) < 4.78 is 0.988. The second-order valence-corrected chi connectivity index (χ2v) is 4.94. The molecule has 0 aliphatic carbocycles. The first-order valence-corrected chi connectivity index (χ1v) is 6.48. The van der Waals surface area contributed by atoms with E-state index >= 15 is 0 Å². The van der Waals surface area contributed by atoms with E-state index in [4.69, 9.17) is 0 Å². The van der Waals surface area contributed by atoms with E-state index in [-0.39, 0.29) is 6.03 Å². The second-order valence-electron chi connectivity index (χ2n) is 3.78. The number of amides is 2. The van der Waals surface area contributed by atoms with Gasteiger partial charge in [-0.15, -0.1) is 0 Å². The summed E-state index contributed by atoms with van der Waals surface area (Å²) in [6.07, 6.45) is 1.66. The summed E-state index contributed by atoms with van der Waals surface area (Å²) >= 11 is 2.17. The number of carbonyl (C=O) groups is 1. The maximum absolute atomic E-state index is 11.8. The lowest BCUT2D eigenvalue weighted by Gasteiger charge is -2.08. The minimum absolute atomic E-state index is 0.294. The van der Waals surface area contributed by atoms with Crippen molar-refractivity contribution in [3.8, 4) is 0 Å². The molecule has 0 saturated carbocycles. The Kier molecular flexibility index (Phi) is 4.14. The van der Waals surface area contributed by atoms with E-state index in [9.17, 15) is 4.79 Å². The number of rotatable bonds is 2. The molecule has 1 aromatic heterocycles. The molecule has 92 valence electrons. The Morgan fingerprint density at radius 1 is 1.22 bits per heavy atom. The van der Waals surface area contributed by atoms with Crippen LogP contribution >= 0.6 is 22.6 Å². The van der Waals surface area contributed by atoms with E-state index in [0.717, 1.165) is 14.8 Å². The molecule has 2 aromatic rings. The van der Waals surface area contributed by atoms with Gasteiger partial charge in [-0.1, -0.05) is 12.1 Å². The van der Waals surface area contributed by atoms with Gasteiger partial charge in [0.25, 0.3) is 0 Å². The summed E-state index contributed by atoms with van der Waals surface area (Å²) in [4.78, 5) is 15.8. The van der Waals surface area contributed by atoms with Crippen LogP contribution in [0.5, 0.6) is 0 Å². The number of hydrogen-bond donors (Lipinski definition) is 2. The Bertz CT molecular complexity index is 572. The summed E-state index contributed by atoms with van der Waals surface area (Å²) in [6.45, 7) is 1.95. The monoisotopic (exact) mass is 353 g/mol. The topological polar surface area (TPSA) is 54.0 Å². The summed E-state index contributed by atoms with van der Waals surface area (Å²) in [5.74, 6) is 0.540. The van der Waals surface area contributed by atoms with Gasteiger partial charge >= 0.3 is 6.03 Å². The summed E-state index contributed by atoms with van der Waals surface area (Å²) in [6, 6.07) is 11.0. The minimum Gasteiger partial charge on any atom is -0.307 e. The van der Waals surface area contributed by atoms with Gasteiger partial charge in [0.1, 0.15) is 5.82 Å². The van der Waals surface area contributed by atoms with Gasteiger partial charge in [-0.3, -0.25) is 5.32 Å². The van der Waals surface area contributed by atoms with Gasteiger partial charge in [0.2, 0.25) is 0 Å². The molecule has 4 nitrogen and oxygen atoms in total. The maximum atomic E-state index is 11.8. The molecule has 0 aliphatic heterocycles. The number of nitrogens with one attached hydrogen (secondary N) is 2. The largest absolute Gasteiger partial charge is 0.324 e. The molecule has 1 aromatic carbocycles. The lowest BCUT2D eigenvalue weighted by Crippen LogP contribution is -2.20. The third-order valence-electron chi connectivity index (χ3n) is 2.28. The van der Waals surface area contributed by atoms with E-state index in [1.54, 1.807) is 6.20 Å². The number of benzene rings is 1. The molecule has 0 fully saturated rings. The third kappa shape index (κ3) is 3.43. The molecule has 0 radical (unpaired) electrons. The average Bonchev–Trinajstić information content (AvgIpc) is 2.32. The van der Waals surface area contributed by atoms with Crippen LogP contribution in [0.4, 0.5) is 16.3 Å². The van der Waals surface area contributed by atoms with E-state index in [0.29, 0.717) is 5.82 Å². The van der Waals surface area contributed by atoms with Gasteiger partial charge in [-0.2, -0.15) is 0 Å². The van der Waals surface area contributed by atoms with Crippen molar-refractivity contribution in [2.24, 2.45) is 0 Å². The Morgan fingerprint density at radius 3 is 2.72 bits per heavy atom. The normalized spacial score (nSPS) is 9.89.